The molecule has 0 spiro atoms. The Morgan fingerprint density at radius 1 is 0.944 bits per heavy atom. The van der Waals surface area contributed by atoms with Crippen molar-refractivity contribution in [2.75, 3.05) is 19.5 Å². The molecule has 6 nitrogen and oxygen atoms in total. The Kier molecular flexibility index (Phi) is 5.93. The molecule has 0 saturated carbocycles. The Balaban J connectivity index is 1.49. The molecule has 1 aliphatic heterocycles. The number of carbonyl (C=O) groups excluding carboxylic acids is 1. The first-order valence-electron chi connectivity index (χ1n) is 12.3. The maximum atomic E-state index is 14.1. The van der Waals surface area contributed by atoms with Crippen LogP contribution in [0.5, 0.6) is 11.5 Å². The van der Waals surface area contributed by atoms with Crippen LogP contribution in [0.4, 0.5) is 10.5 Å². The number of benzene rings is 2. The predicted molar refractivity (Wildman–Crippen MR) is 143 cm³/mol. The number of urea groups is 1. The van der Waals surface area contributed by atoms with Gasteiger partial charge in [-0.05, 0) is 73.2 Å². The van der Waals surface area contributed by atoms with Crippen LogP contribution >= 0.6 is 11.3 Å². The molecule has 2 aliphatic rings. The molecule has 1 N–H and O–H groups in total. The smallest absolute Gasteiger partial charge is 0.323 e. The van der Waals surface area contributed by atoms with Gasteiger partial charge in [0.15, 0.2) is 0 Å². The molecule has 3 heterocycles. The number of nitrogens with one attached hydrogen (secondary N) is 1. The number of amides is 2. The minimum absolute atomic E-state index is 0.156. The zero-order chi connectivity index (χ0) is 24.6. The van der Waals surface area contributed by atoms with Crippen molar-refractivity contribution >= 4 is 23.1 Å². The van der Waals surface area contributed by atoms with Crippen LogP contribution in [0.2, 0.25) is 0 Å². The standard InChI is InChI=1S/C29H29N3O3S/c1-34-20-15-13-19(14-16-20)27-24-10-7-17-31(24)28-22(21-8-3-6-12-26(21)36-28)18-32(27)29(33)30-23-9-4-5-11-25(23)35-2/h4-5,7,9-11,13-17,27H,3,6,8,12,18H2,1-2H3,(H,30,33)/t27-/m0/s1. The second-order valence-corrected chi connectivity index (χ2v) is 10.3. The van der Waals surface area contributed by atoms with Gasteiger partial charge in [0, 0.05) is 16.6 Å². The van der Waals surface area contributed by atoms with Gasteiger partial charge < -0.3 is 24.3 Å². The van der Waals surface area contributed by atoms with E-state index in [0.717, 1.165) is 29.8 Å². The lowest BCUT2D eigenvalue weighted by molar-refractivity contribution is 0.194. The number of carbonyl (C=O) groups is 1. The third-order valence-electron chi connectivity index (χ3n) is 7.22. The third-order valence-corrected chi connectivity index (χ3v) is 8.55. The topological polar surface area (TPSA) is 55.7 Å². The number of aromatic nitrogens is 1. The molecule has 4 aromatic rings. The van der Waals surface area contributed by atoms with Gasteiger partial charge in [-0.25, -0.2) is 4.79 Å². The van der Waals surface area contributed by atoms with E-state index in [1.54, 1.807) is 14.2 Å². The molecule has 36 heavy (non-hydrogen) atoms. The van der Waals surface area contributed by atoms with Crippen LogP contribution in [0.25, 0.3) is 5.00 Å². The summed E-state index contributed by atoms with van der Waals surface area (Å²) >= 11 is 1.89. The van der Waals surface area contributed by atoms with Gasteiger partial charge in [0.05, 0.1) is 38.2 Å². The Hall–Kier alpha value is -3.71. The number of rotatable bonds is 4. The van der Waals surface area contributed by atoms with Crippen molar-refractivity contribution in [2.24, 2.45) is 0 Å². The quantitative estimate of drug-likeness (QED) is 0.345. The molecule has 1 aliphatic carbocycles. The highest BCUT2D eigenvalue weighted by Crippen LogP contribution is 2.44. The molecule has 2 aromatic carbocycles. The number of thiophene rings is 1. The number of hydrogen-bond acceptors (Lipinski definition) is 4. The van der Waals surface area contributed by atoms with Gasteiger partial charge >= 0.3 is 6.03 Å². The van der Waals surface area contributed by atoms with E-state index in [0.29, 0.717) is 18.0 Å². The molecule has 6 rings (SSSR count). The molecule has 0 fully saturated rings. The fourth-order valence-electron chi connectivity index (χ4n) is 5.46. The van der Waals surface area contributed by atoms with Crippen molar-refractivity contribution in [3.63, 3.8) is 0 Å². The van der Waals surface area contributed by atoms with Crippen LogP contribution in [-0.4, -0.2) is 29.7 Å². The van der Waals surface area contributed by atoms with Crippen molar-refractivity contribution in [3.8, 4) is 16.5 Å². The molecular formula is C29H29N3O3S. The monoisotopic (exact) mass is 499 g/mol. The van der Waals surface area contributed by atoms with Crippen LogP contribution in [0.15, 0.2) is 66.9 Å². The van der Waals surface area contributed by atoms with Crippen molar-refractivity contribution in [1.82, 2.24) is 9.47 Å². The van der Waals surface area contributed by atoms with Crippen molar-refractivity contribution < 1.29 is 14.3 Å². The Morgan fingerprint density at radius 2 is 1.75 bits per heavy atom. The SMILES string of the molecule is COc1ccc([C@H]2c3cccn3-c3sc4c(c3CN2C(=O)Nc2ccccc2OC)CCCC4)cc1. The summed E-state index contributed by atoms with van der Waals surface area (Å²) in [7, 11) is 3.29. The fourth-order valence-corrected chi connectivity index (χ4v) is 6.86. The summed E-state index contributed by atoms with van der Waals surface area (Å²) in [6, 6.07) is 19.4. The maximum Gasteiger partial charge on any atom is 0.323 e. The average Bonchev–Trinajstić information content (AvgIpc) is 3.51. The normalized spacial score (nSPS) is 16.4. The first-order valence-corrected chi connectivity index (χ1v) is 13.1. The third kappa shape index (κ3) is 3.84. The van der Waals surface area contributed by atoms with Gasteiger partial charge in [-0.15, -0.1) is 11.3 Å². The van der Waals surface area contributed by atoms with E-state index in [4.69, 9.17) is 9.47 Å². The van der Waals surface area contributed by atoms with Gasteiger partial charge in [-0.1, -0.05) is 24.3 Å². The lowest BCUT2D eigenvalue weighted by atomic mass is 9.95. The summed E-state index contributed by atoms with van der Waals surface area (Å²) in [4.78, 5) is 17.5. The summed E-state index contributed by atoms with van der Waals surface area (Å²) in [6.07, 6.45) is 6.77. The van der Waals surface area contributed by atoms with Gasteiger partial charge in [0.1, 0.15) is 16.5 Å². The van der Waals surface area contributed by atoms with Crippen molar-refractivity contribution in [1.29, 1.82) is 0 Å². The largest absolute Gasteiger partial charge is 0.497 e. The molecular weight excluding hydrogens is 470 g/mol. The molecule has 0 bridgehead atoms. The van der Waals surface area contributed by atoms with E-state index in [-0.39, 0.29) is 12.1 Å². The average molecular weight is 500 g/mol. The number of hydrogen-bond donors (Lipinski definition) is 1. The molecule has 7 heteroatoms. The predicted octanol–water partition coefficient (Wildman–Crippen LogP) is 6.57. The summed E-state index contributed by atoms with van der Waals surface area (Å²) in [5.74, 6) is 1.43. The molecule has 0 unspecified atom stereocenters. The summed E-state index contributed by atoms with van der Waals surface area (Å²) in [5.41, 5.74) is 5.48. The number of fused-ring (bicyclic) bond motifs is 5. The van der Waals surface area contributed by atoms with Gasteiger partial charge in [0.25, 0.3) is 0 Å². The second-order valence-electron chi connectivity index (χ2n) is 9.23. The number of para-hydroxylation sites is 2. The lowest BCUT2D eigenvalue weighted by Crippen LogP contribution is -2.38. The Morgan fingerprint density at radius 3 is 2.56 bits per heavy atom. The van der Waals surface area contributed by atoms with Crippen molar-refractivity contribution in [3.05, 3.63) is 94.1 Å². The molecule has 184 valence electrons. The highest BCUT2D eigenvalue weighted by atomic mass is 32.1. The van der Waals surface area contributed by atoms with E-state index < -0.39 is 0 Å². The summed E-state index contributed by atoms with van der Waals surface area (Å²) in [5, 5.41) is 4.38. The second kappa shape index (κ2) is 9.39. The van der Waals surface area contributed by atoms with Crippen molar-refractivity contribution in [2.45, 2.75) is 38.3 Å². The maximum absolute atomic E-state index is 14.1. The molecule has 0 radical (unpaired) electrons. The zero-order valence-corrected chi connectivity index (χ0v) is 21.3. The molecule has 0 saturated heterocycles. The van der Waals surface area contributed by atoms with E-state index in [1.165, 1.54) is 33.8 Å². The highest BCUT2D eigenvalue weighted by molar-refractivity contribution is 7.15. The minimum Gasteiger partial charge on any atom is -0.497 e. The van der Waals surface area contributed by atoms with Crippen LogP contribution in [0, 0.1) is 0 Å². The van der Waals surface area contributed by atoms with E-state index in [9.17, 15) is 4.79 Å². The van der Waals surface area contributed by atoms with Gasteiger partial charge in [-0.2, -0.15) is 0 Å². The first kappa shape index (κ1) is 22.7. The van der Waals surface area contributed by atoms with E-state index in [1.807, 2.05) is 52.6 Å². The van der Waals surface area contributed by atoms with Crippen LogP contribution in [0.1, 0.15) is 46.1 Å². The van der Waals surface area contributed by atoms with Crippen LogP contribution in [0.3, 0.4) is 0 Å². The van der Waals surface area contributed by atoms with Crippen LogP contribution in [-0.2, 0) is 19.4 Å². The molecule has 1 atom stereocenters. The minimum atomic E-state index is -0.264. The van der Waals surface area contributed by atoms with E-state index >= 15 is 0 Å². The number of nitrogens with zero attached hydrogens (tertiary/aromatic N) is 2. The fraction of sp³-hybridized carbons (Fsp3) is 0.276. The highest BCUT2D eigenvalue weighted by Gasteiger charge is 2.36. The summed E-state index contributed by atoms with van der Waals surface area (Å²) in [6.45, 7) is 0.542. The molecule has 2 aromatic heterocycles. The van der Waals surface area contributed by atoms with Gasteiger partial charge in [-0.3, -0.25) is 0 Å². The Labute approximate surface area is 215 Å². The van der Waals surface area contributed by atoms with E-state index in [2.05, 4.69) is 40.3 Å². The number of ether oxygens (including phenoxy) is 2. The van der Waals surface area contributed by atoms with Crippen LogP contribution < -0.4 is 14.8 Å². The Bertz CT molecular complexity index is 1410. The summed E-state index contributed by atoms with van der Waals surface area (Å²) < 4.78 is 13.2. The first-order chi connectivity index (χ1) is 17.7. The van der Waals surface area contributed by atoms with Gasteiger partial charge in [0.2, 0.25) is 0 Å². The number of methoxy groups -OCH3 is 2. The zero-order valence-electron chi connectivity index (χ0n) is 20.5. The number of anilines is 1. The molecule has 2 amide bonds. The lowest BCUT2D eigenvalue weighted by Gasteiger charge is -2.31. The number of aryl methyl sites for hydroxylation is 1.